The molecular formula is C20H24O5. The van der Waals surface area contributed by atoms with Crippen LogP contribution >= 0.6 is 0 Å². The second-order valence-electron chi connectivity index (χ2n) is 9.39. The first-order chi connectivity index (χ1) is 11.7. The van der Waals surface area contributed by atoms with E-state index < -0.39 is 22.0 Å². The van der Waals surface area contributed by atoms with Gasteiger partial charge in [-0.1, -0.05) is 20.8 Å². The van der Waals surface area contributed by atoms with Crippen molar-refractivity contribution >= 4 is 17.3 Å². The zero-order valence-corrected chi connectivity index (χ0v) is 14.9. The smallest absolute Gasteiger partial charge is 0.210 e. The Balaban J connectivity index is 1.84. The lowest BCUT2D eigenvalue weighted by atomic mass is 9.42. The van der Waals surface area contributed by atoms with Crippen LogP contribution in [-0.4, -0.2) is 35.2 Å². The van der Waals surface area contributed by atoms with E-state index in [9.17, 15) is 19.5 Å². The first-order valence-corrected chi connectivity index (χ1v) is 9.37. The molecule has 6 atom stereocenters. The summed E-state index contributed by atoms with van der Waals surface area (Å²) < 4.78 is 6.03. The highest BCUT2D eigenvalue weighted by Gasteiger charge is 2.76. The van der Waals surface area contributed by atoms with Gasteiger partial charge in [-0.2, -0.15) is 0 Å². The van der Waals surface area contributed by atoms with Crippen LogP contribution in [0.15, 0.2) is 11.3 Å². The molecule has 2 heterocycles. The lowest BCUT2D eigenvalue weighted by molar-refractivity contribution is -0.194. The minimum atomic E-state index is -1.21. The molecule has 134 valence electrons. The highest BCUT2D eigenvalue weighted by Crippen LogP contribution is 2.70. The highest BCUT2D eigenvalue weighted by atomic mass is 16.5. The standard InChI is InChI=1S/C20H24O5/c1-9-10-4-5-11-19(7-10,16(9)23)17(24)14(22)15-18(2,3)13-6-12(21)20(11,15)8-25-13/h9-11,13,22H,4-8H2,1-3H3/t9-,10?,11-,13+,19+,20-/m1/s1. The first-order valence-electron chi connectivity index (χ1n) is 9.37. The summed E-state index contributed by atoms with van der Waals surface area (Å²) in [7, 11) is 0. The summed E-state index contributed by atoms with van der Waals surface area (Å²) in [5.41, 5.74) is -2.23. The number of aliphatic hydroxyl groups excluding tert-OH is 1. The van der Waals surface area contributed by atoms with Crippen molar-refractivity contribution in [1.82, 2.24) is 0 Å². The van der Waals surface area contributed by atoms with Crippen molar-refractivity contribution in [3.8, 4) is 0 Å². The van der Waals surface area contributed by atoms with Crippen LogP contribution in [0, 0.1) is 34.0 Å². The van der Waals surface area contributed by atoms with Crippen LogP contribution in [0.2, 0.25) is 0 Å². The minimum absolute atomic E-state index is 0.0484. The maximum Gasteiger partial charge on any atom is 0.210 e. The van der Waals surface area contributed by atoms with E-state index in [1.54, 1.807) is 0 Å². The van der Waals surface area contributed by atoms with Crippen molar-refractivity contribution in [1.29, 1.82) is 0 Å². The van der Waals surface area contributed by atoms with Gasteiger partial charge in [0, 0.05) is 17.8 Å². The number of carbonyl (C=O) groups excluding carboxylic acids is 3. The molecule has 1 N–H and O–H groups in total. The Kier molecular flexibility index (Phi) is 2.68. The summed E-state index contributed by atoms with van der Waals surface area (Å²) in [5, 5.41) is 11.0. The molecule has 3 saturated carbocycles. The van der Waals surface area contributed by atoms with E-state index in [2.05, 4.69) is 0 Å². The molecule has 5 fully saturated rings. The van der Waals surface area contributed by atoms with Crippen LogP contribution in [-0.2, 0) is 19.1 Å². The molecule has 6 aliphatic rings. The number of rotatable bonds is 0. The number of Topliss-reactive ketones (excluding diaryl/α,β-unsaturated/α-hetero) is 3. The molecule has 0 aromatic rings. The zero-order valence-electron chi connectivity index (χ0n) is 14.9. The maximum absolute atomic E-state index is 13.3. The molecular weight excluding hydrogens is 320 g/mol. The van der Waals surface area contributed by atoms with Crippen molar-refractivity contribution < 1.29 is 24.2 Å². The van der Waals surface area contributed by atoms with Crippen LogP contribution in [0.1, 0.15) is 46.5 Å². The lowest BCUT2D eigenvalue weighted by Gasteiger charge is -2.63. The number of ether oxygens (including phenoxy) is 1. The number of carbonyl (C=O) groups is 3. The molecule has 6 rings (SSSR count). The topological polar surface area (TPSA) is 80.7 Å². The van der Waals surface area contributed by atoms with Crippen molar-refractivity contribution in [2.24, 2.45) is 34.0 Å². The Morgan fingerprint density at radius 3 is 2.52 bits per heavy atom. The normalized spacial score (nSPS) is 50.1. The van der Waals surface area contributed by atoms with Gasteiger partial charge in [-0.25, -0.2) is 0 Å². The third kappa shape index (κ3) is 1.39. The van der Waals surface area contributed by atoms with Crippen LogP contribution in [0.3, 0.4) is 0 Å². The summed E-state index contributed by atoms with van der Waals surface area (Å²) in [5.74, 6) is -1.11. The summed E-state index contributed by atoms with van der Waals surface area (Å²) in [6, 6.07) is 0. The van der Waals surface area contributed by atoms with Crippen LogP contribution < -0.4 is 0 Å². The number of hydrogen-bond donors (Lipinski definition) is 1. The van der Waals surface area contributed by atoms with Gasteiger partial charge in [0.1, 0.15) is 11.6 Å². The number of ketones is 3. The van der Waals surface area contributed by atoms with Crippen molar-refractivity contribution in [3.05, 3.63) is 11.3 Å². The maximum atomic E-state index is 13.3. The van der Waals surface area contributed by atoms with E-state index in [1.807, 2.05) is 20.8 Å². The minimum Gasteiger partial charge on any atom is -0.504 e. The molecule has 5 heteroatoms. The second kappa shape index (κ2) is 4.25. The Morgan fingerprint density at radius 2 is 1.84 bits per heavy atom. The largest absolute Gasteiger partial charge is 0.504 e. The molecule has 0 radical (unpaired) electrons. The number of fused-ring (bicyclic) bond motifs is 3. The van der Waals surface area contributed by atoms with Crippen LogP contribution in [0.25, 0.3) is 0 Å². The van der Waals surface area contributed by atoms with Gasteiger partial charge in [0.2, 0.25) is 5.78 Å². The Labute approximate surface area is 146 Å². The highest BCUT2D eigenvalue weighted by molar-refractivity contribution is 6.18. The SMILES string of the molecule is C[C@H]1C(=O)[C@]23CC1CC[C@H]2[C@]12CO[C@@H](CC1=O)C(C)(C)C2=C(O)C3=O. The van der Waals surface area contributed by atoms with E-state index in [0.29, 0.717) is 24.8 Å². The monoisotopic (exact) mass is 344 g/mol. The van der Waals surface area contributed by atoms with E-state index in [4.69, 9.17) is 4.74 Å². The number of allylic oxidation sites excluding steroid dienone is 1. The van der Waals surface area contributed by atoms with Crippen molar-refractivity contribution in [2.75, 3.05) is 6.61 Å². The summed E-state index contributed by atoms with van der Waals surface area (Å²) in [6.07, 6.45) is 2.01. The van der Waals surface area contributed by atoms with E-state index >= 15 is 0 Å². The Bertz CT molecular complexity index is 777. The summed E-state index contributed by atoms with van der Waals surface area (Å²) in [4.78, 5) is 39.8. The molecule has 5 nitrogen and oxygen atoms in total. The van der Waals surface area contributed by atoms with Gasteiger partial charge in [0.15, 0.2) is 5.76 Å². The average molecular weight is 344 g/mol. The van der Waals surface area contributed by atoms with Gasteiger partial charge < -0.3 is 9.84 Å². The van der Waals surface area contributed by atoms with Crippen molar-refractivity contribution in [2.45, 2.75) is 52.6 Å². The molecule has 1 unspecified atom stereocenters. The molecule has 4 bridgehead atoms. The lowest BCUT2D eigenvalue weighted by Crippen LogP contribution is -2.69. The van der Waals surface area contributed by atoms with Crippen LogP contribution in [0.4, 0.5) is 0 Å². The fraction of sp³-hybridized carbons (Fsp3) is 0.750. The van der Waals surface area contributed by atoms with Gasteiger partial charge in [-0.15, -0.1) is 0 Å². The Morgan fingerprint density at radius 1 is 1.12 bits per heavy atom. The molecule has 4 aliphatic carbocycles. The Hall–Kier alpha value is -1.49. The fourth-order valence-electron chi connectivity index (χ4n) is 7.08. The van der Waals surface area contributed by atoms with E-state index in [1.165, 1.54) is 0 Å². The zero-order chi connectivity index (χ0) is 17.9. The third-order valence-electron chi connectivity index (χ3n) is 8.29. The molecule has 2 saturated heterocycles. The quantitative estimate of drug-likeness (QED) is 0.683. The third-order valence-corrected chi connectivity index (χ3v) is 8.29. The molecule has 0 amide bonds. The average Bonchev–Trinajstić information content (AvgIpc) is 2.76. The summed E-state index contributed by atoms with van der Waals surface area (Å²) in [6.45, 7) is 5.98. The van der Waals surface area contributed by atoms with E-state index in [0.717, 1.165) is 6.42 Å². The van der Waals surface area contributed by atoms with Gasteiger partial charge >= 0.3 is 0 Å². The van der Waals surface area contributed by atoms with Crippen molar-refractivity contribution in [3.63, 3.8) is 0 Å². The number of aliphatic hydroxyl groups is 1. The predicted molar refractivity (Wildman–Crippen MR) is 87.7 cm³/mol. The molecule has 2 aliphatic heterocycles. The van der Waals surface area contributed by atoms with E-state index in [-0.39, 0.29) is 47.8 Å². The number of hydrogen-bond acceptors (Lipinski definition) is 5. The van der Waals surface area contributed by atoms with Gasteiger partial charge in [-0.05, 0) is 36.7 Å². The predicted octanol–water partition coefficient (Wildman–Crippen LogP) is 2.39. The molecule has 0 aromatic carbocycles. The van der Waals surface area contributed by atoms with Gasteiger partial charge in [-0.3, -0.25) is 14.4 Å². The fourth-order valence-corrected chi connectivity index (χ4v) is 7.08. The van der Waals surface area contributed by atoms with Crippen LogP contribution in [0.5, 0.6) is 0 Å². The molecule has 0 aromatic heterocycles. The van der Waals surface area contributed by atoms with Gasteiger partial charge in [0.25, 0.3) is 0 Å². The molecule has 2 spiro atoms. The first kappa shape index (κ1) is 15.7. The molecule has 25 heavy (non-hydrogen) atoms. The second-order valence-corrected chi connectivity index (χ2v) is 9.39. The van der Waals surface area contributed by atoms with Gasteiger partial charge in [0.05, 0.1) is 23.5 Å². The summed E-state index contributed by atoms with van der Waals surface area (Å²) >= 11 is 0.